The van der Waals surface area contributed by atoms with Gasteiger partial charge in [-0.25, -0.2) is 0 Å². The molecule has 37 heavy (non-hydrogen) atoms. The molecule has 13 heteroatoms. The second kappa shape index (κ2) is 11.3. The van der Waals surface area contributed by atoms with Gasteiger partial charge in [0.1, 0.15) is 11.8 Å². The van der Waals surface area contributed by atoms with Crippen molar-refractivity contribution in [1.29, 1.82) is 5.26 Å². The average molecular weight is 574 g/mol. The summed E-state index contributed by atoms with van der Waals surface area (Å²) in [5, 5.41) is 21.3. The smallest absolute Gasteiger partial charge is 0.416 e. The molecule has 0 N–H and O–H groups in total. The minimum atomic E-state index is -4.61. The van der Waals surface area contributed by atoms with Crippen LogP contribution in [0.5, 0.6) is 11.5 Å². The number of nitriles is 1. The molecule has 0 fully saturated rings. The topological polar surface area (TPSA) is 102 Å². The molecule has 0 spiro atoms. The van der Waals surface area contributed by atoms with E-state index in [1.807, 2.05) is 0 Å². The summed E-state index contributed by atoms with van der Waals surface area (Å²) in [5.74, 6) is -1.37. The molecule has 0 saturated heterocycles. The summed E-state index contributed by atoms with van der Waals surface area (Å²) in [6, 6.07) is 13.2. The molecule has 0 saturated carbocycles. The highest BCUT2D eigenvalue weighted by atomic mass is 35.5. The summed E-state index contributed by atoms with van der Waals surface area (Å²) in [5.41, 5.74) is -3.95. The first-order chi connectivity index (χ1) is 17.4. The molecule has 192 valence electrons. The molecular formula is C24H14Cl3F3N2O5. The average Bonchev–Trinajstić information content (AvgIpc) is 2.84. The van der Waals surface area contributed by atoms with E-state index in [2.05, 4.69) is 0 Å². The molecular weight excluding hydrogens is 560 g/mol. The Morgan fingerprint density at radius 1 is 0.946 bits per heavy atom. The molecule has 7 nitrogen and oxygen atoms in total. The van der Waals surface area contributed by atoms with E-state index in [4.69, 9.17) is 44.3 Å². The third-order valence-electron chi connectivity index (χ3n) is 5.05. The zero-order valence-corrected chi connectivity index (χ0v) is 20.7. The lowest BCUT2D eigenvalue weighted by atomic mass is 9.88. The van der Waals surface area contributed by atoms with Gasteiger partial charge in [-0.3, -0.25) is 14.9 Å². The summed E-state index contributed by atoms with van der Waals surface area (Å²) in [7, 11) is 0. The Morgan fingerprint density at radius 2 is 1.59 bits per heavy atom. The Hall–Kier alpha value is -3.52. The number of carbonyl (C=O) groups is 1. The van der Waals surface area contributed by atoms with Gasteiger partial charge >= 0.3 is 11.9 Å². The zero-order valence-electron chi connectivity index (χ0n) is 18.4. The second-order valence-electron chi connectivity index (χ2n) is 7.41. The number of nitro groups is 1. The number of carbonyl (C=O) groups excluding carboxylic acids is 1. The van der Waals surface area contributed by atoms with Crippen molar-refractivity contribution in [3.63, 3.8) is 0 Å². The van der Waals surface area contributed by atoms with E-state index in [0.717, 1.165) is 18.2 Å². The second-order valence-corrected chi connectivity index (χ2v) is 8.63. The first kappa shape index (κ1) is 28.1. The minimum Gasteiger partial charge on any atom is -0.492 e. The number of nitro benzene ring substituents is 1. The fraction of sp³-hybridized carbons (Fsp3) is 0.167. The molecule has 0 aromatic heterocycles. The fourth-order valence-corrected chi connectivity index (χ4v) is 3.76. The first-order valence-corrected chi connectivity index (χ1v) is 11.3. The zero-order chi connectivity index (χ0) is 27.4. The molecule has 0 amide bonds. The quantitative estimate of drug-likeness (QED) is 0.195. The van der Waals surface area contributed by atoms with Gasteiger partial charge in [-0.2, -0.15) is 18.4 Å². The van der Waals surface area contributed by atoms with Gasteiger partial charge in [0.15, 0.2) is 11.5 Å². The van der Waals surface area contributed by atoms with Crippen LogP contribution in [0.4, 0.5) is 18.9 Å². The van der Waals surface area contributed by atoms with Crippen LogP contribution in [-0.4, -0.2) is 17.3 Å². The number of ether oxygens (including phenoxy) is 2. The Bertz CT molecular complexity index is 1390. The number of hydrogen-bond acceptors (Lipinski definition) is 6. The van der Waals surface area contributed by atoms with Crippen molar-refractivity contribution in [2.24, 2.45) is 0 Å². The molecule has 0 radical (unpaired) electrons. The Kier molecular flexibility index (Phi) is 8.53. The predicted molar refractivity (Wildman–Crippen MR) is 129 cm³/mol. The number of ketones is 1. The molecule has 3 rings (SSSR count). The summed E-state index contributed by atoms with van der Waals surface area (Å²) in [4.78, 5) is 24.1. The van der Waals surface area contributed by atoms with Crippen LogP contribution in [0.15, 0.2) is 60.7 Å². The maximum atomic E-state index is 13.4. The molecule has 0 bridgehead atoms. The predicted octanol–water partition coefficient (Wildman–Crippen LogP) is 7.41. The highest BCUT2D eigenvalue weighted by Crippen LogP contribution is 2.38. The first-order valence-electron chi connectivity index (χ1n) is 10.2. The van der Waals surface area contributed by atoms with E-state index < -0.39 is 46.8 Å². The van der Waals surface area contributed by atoms with Gasteiger partial charge in [-0.1, -0.05) is 53.0 Å². The third-order valence-corrected chi connectivity index (χ3v) is 6.08. The SMILES string of the molecule is N#CC(Oc1ccccc1[N+](=O)[O-])(C(=O)CCOc1ccc(C(F)(F)F)cc1Cl)c1ccc(Cl)c(Cl)c1. The van der Waals surface area contributed by atoms with Crippen LogP contribution in [0.25, 0.3) is 0 Å². The standard InChI is InChI=1S/C24H14Cl3F3N2O5/c25-16-7-5-14(11-17(16)26)23(13-31,37-21-4-2-1-3-19(21)32(34)35)22(33)9-10-36-20-8-6-15(12-18(20)27)24(28,29)30/h1-8,11-12H,9-10H2. The monoisotopic (exact) mass is 572 g/mol. The van der Waals surface area contributed by atoms with Gasteiger partial charge in [0, 0.05) is 18.1 Å². The lowest BCUT2D eigenvalue weighted by Gasteiger charge is -2.27. The number of Topliss-reactive ketones (excluding diaryl/α,β-unsaturated/α-hetero) is 1. The number of halogens is 6. The van der Waals surface area contributed by atoms with Crippen molar-refractivity contribution in [2.75, 3.05) is 6.61 Å². The van der Waals surface area contributed by atoms with Gasteiger partial charge in [0.25, 0.3) is 5.60 Å². The van der Waals surface area contributed by atoms with E-state index in [-0.39, 0.29) is 32.1 Å². The van der Waals surface area contributed by atoms with Gasteiger partial charge in [-0.15, -0.1) is 0 Å². The van der Waals surface area contributed by atoms with Crippen LogP contribution in [-0.2, 0) is 16.6 Å². The molecule has 3 aromatic carbocycles. The highest BCUT2D eigenvalue weighted by Gasteiger charge is 2.44. The van der Waals surface area contributed by atoms with E-state index >= 15 is 0 Å². The van der Waals surface area contributed by atoms with Gasteiger partial charge < -0.3 is 9.47 Å². The molecule has 1 unspecified atom stereocenters. The largest absolute Gasteiger partial charge is 0.492 e. The minimum absolute atomic E-state index is 0.00876. The summed E-state index contributed by atoms with van der Waals surface area (Å²) in [6.07, 6.45) is -5.10. The lowest BCUT2D eigenvalue weighted by Crippen LogP contribution is -2.41. The van der Waals surface area contributed by atoms with Crippen molar-refractivity contribution in [1.82, 2.24) is 0 Å². The highest BCUT2D eigenvalue weighted by molar-refractivity contribution is 6.42. The van der Waals surface area contributed by atoms with Crippen LogP contribution in [0.1, 0.15) is 17.5 Å². The molecule has 0 aliphatic heterocycles. The van der Waals surface area contributed by atoms with Crippen LogP contribution in [0, 0.1) is 21.4 Å². The van der Waals surface area contributed by atoms with Gasteiger partial charge in [0.2, 0.25) is 0 Å². The normalized spacial score (nSPS) is 12.8. The maximum Gasteiger partial charge on any atom is 0.416 e. The number of nitrogens with zero attached hydrogens (tertiary/aromatic N) is 2. The van der Waals surface area contributed by atoms with Crippen molar-refractivity contribution < 1.29 is 32.4 Å². The van der Waals surface area contributed by atoms with E-state index in [0.29, 0.717) is 6.07 Å². The molecule has 0 aliphatic rings. The Morgan fingerprint density at radius 3 is 2.19 bits per heavy atom. The lowest BCUT2D eigenvalue weighted by molar-refractivity contribution is -0.386. The van der Waals surface area contributed by atoms with Crippen LogP contribution >= 0.6 is 34.8 Å². The van der Waals surface area contributed by atoms with Crippen LogP contribution < -0.4 is 9.47 Å². The molecule has 0 aliphatic carbocycles. The fourth-order valence-electron chi connectivity index (χ4n) is 3.22. The summed E-state index contributed by atoms with van der Waals surface area (Å²) < 4.78 is 49.6. The molecule has 0 heterocycles. The number of hydrogen-bond donors (Lipinski definition) is 0. The van der Waals surface area contributed by atoms with Crippen LogP contribution in [0.3, 0.4) is 0 Å². The van der Waals surface area contributed by atoms with Crippen molar-refractivity contribution >= 4 is 46.3 Å². The summed E-state index contributed by atoms with van der Waals surface area (Å²) >= 11 is 17.9. The molecule has 3 aromatic rings. The number of para-hydroxylation sites is 2. The maximum absolute atomic E-state index is 13.4. The van der Waals surface area contributed by atoms with Gasteiger partial charge in [0.05, 0.1) is 32.2 Å². The van der Waals surface area contributed by atoms with Crippen LogP contribution in [0.2, 0.25) is 15.1 Å². The van der Waals surface area contributed by atoms with E-state index in [1.165, 1.54) is 36.4 Å². The van der Waals surface area contributed by atoms with E-state index in [1.54, 1.807) is 6.07 Å². The van der Waals surface area contributed by atoms with Crippen molar-refractivity contribution in [2.45, 2.75) is 18.2 Å². The molecule has 1 atom stereocenters. The number of alkyl halides is 3. The Labute approximate surface area is 223 Å². The third kappa shape index (κ3) is 6.25. The number of rotatable bonds is 9. The van der Waals surface area contributed by atoms with Crippen molar-refractivity contribution in [3.05, 3.63) is 97.0 Å². The number of benzene rings is 3. The summed E-state index contributed by atoms with van der Waals surface area (Å²) in [6.45, 7) is -0.408. The van der Waals surface area contributed by atoms with E-state index in [9.17, 15) is 33.3 Å². The van der Waals surface area contributed by atoms with Crippen molar-refractivity contribution in [3.8, 4) is 17.6 Å². The Balaban J connectivity index is 1.93. The van der Waals surface area contributed by atoms with Gasteiger partial charge in [-0.05, 0) is 36.4 Å².